The van der Waals surface area contributed by atoms with E-state index in [2.05, 4.69) is 10.3 Å². The zero-order valence-corrected chi connectivity index (χ0v) is 14.3. The van der Waals surface area contributed by atoms with Gasteiger partial charge in [0.2, 0.25) is 0 Å². The summed E-state index contributed by atoms with van der Waals surface area (Å²) in [4.78, 5) is 28.9. The Hall–Kier alpha value is -1.86. The summed E-state index contributed by atoms with van der Waals surface area (Å²) < 4.78 is 0. The van der Waals surface area contributed by atoms with Crippen molar-refractivity contribution in [1.82, 2.24) is 15.0 Å². The van der Waals surface area contributed by atoms with Crippen LogP contribution < -0.4 is 11.1 Å². The van der Waals surface area contributed by atoms with E-state index in [1.54, 1.807) is 24.4 Å². The van der Waals surface area contributed by atoms with Gasteiger partial charge in [0.1, 0.15) is 5.82 Å². The first-order valence-electron chi connectivity index (χ1n) is 7.61. The molecule has 2 atom stereocenters. The molecule has 1 aromatic rings. The van der Waals surface area contributed by atoms with Gasteiger partial charge in [-0.2, -0.15) is 0 Å². The first-order chi connectivity index (χ1) is 10.5. The summed E-state index contributed by atoms with van der Waals surface area (Å²) in [5.74, 6) is 0.329. The lowest BCUT2D eigenvalue weighted by Gasteiger charge is -2.31. The van der Waals surface area contributed by atoms with Gasteiger partial charge < -0.3 is 5.73 Å². The normalized spacial score (nSPS) is 16.5. The maximum Gasteiger partial charge on any atom is 0.341 e. The minimum atomic E-state index is -0.590. The maximum absolute atomic E-state index is 12.5. The van der Waals surface area contributed by atoms with Crippen molar-refractivity contribution >= 4 is 30.2 Å². The third kappa shape index (κ3) is 4.56. The summed E-state index contributed by atoms with van der Waals surface area (Å²) in [7, 11) is 0. The van der Waals surface area contributed by atoms with Crippen LogP contribution in [0.5, 0.6) is 0 Å². The van der Waals surface area contributed by atoms with Crippen molar-refractivity contribution < 1.29 is 9.59 Å². The molecule has 3 amide bonds. The van der Waals surface area contributed by atoms with Gasteiger partial charge in [0, 0.05) is 19.3 Å². The van der Waals surface area contributed by atoms with Crippen LogP contribution in [-0.4, -0.2) is 46.1 Å². The fraction of sp³-hybridized carbons (Fsp3) is 0.533. The SMILES string of the molecule is CC[C@H](C)[C@H](N)C(=O)N1CCCN1C(=O)Nc1ccccn1.Cl. The topological polar surface area (TPSA) is 91.6 Å². The molecule has 128 valence electrons. The highest BCUT2D eigenvalue weighted by atomic mass is 35.5. The molecule has 1 aliphatic rings. The van der Waals surface area contributed by atoms with Gasteiger partial charge in [-0.05, 0) is 24.5 Å². The van der Waals surface area contributed by atoms with Crippen LogP contribution >= 0.6 is 12.4 Å². The zero-order chi connectivity index (χ0) is 16.1. The number of hydrazine groups is 1. The van der Waals surface area contributed by atoms with E-state index in [1.165, 1.54) is 10.0 Å². The van der Waals surface area contributed by atoms with Crippen molar-refractivity contribution in [3.05, 3.63) is 24.4 Å². The number of aromatic nitrogens is 1. The van der Waals surface area contributed by atoms with Crippen molar-refractivity contribution in [3.63, 3.8) is 0 Å². The van der Waals surface area contributed by atoms with E-state index in [0.29, 0.717) is 18.9 Å². The predicted octanol–water partition coefficient (Wildman–Crippen LogP) is 1.86. The quantitative estimate of drug-likeness (QED) is 0.874. The average molecular weight is 342 g/mol. The highest BCUT2D eigenvalue weighted by Crippen LogP contribution is 2.17. The number of halogens is 1. The maximum atomic E-state index is 12.5. The molecule has 0 unspecified atom stereocenters. The van der Waals surface area contributed by atoms with Crippen LogP contribution in [0.3, 0.4) is 0 Å². The van der Waals surface area contributed by atoms with Gasteiger partial charge in [-0.3, -0.25) is 10.1 Å². The number of pyridine rings is 1. The Morgan fingerprint density at radius 3 is 2.65 bits per heavy atom. The Balaban J connectivity index is 0.00000264. The van der Waals surface area contributed by atoms with Gasteiger partial charge in [-0.25, -0.2) is 19.8 Å². The molecule has 2 heterocycles. The number of carbonyl (C=O) groups excluding carboxylic acids is 2. The minimum absolute atomic E-state index is 0. The highest BCUT2D eigenvalue weighted by Gasteiger charge is 2.34. The number of nitrogens with one attached hydrogen (secondary N) is 1. The second kappa shape index (κ2) is 8.69. The molecule has 1 fully saturated rings. The molecule has 0 saturated carbocycles. The van der Waals surface area contributed by atoms with E-state index < -0.39 is 6.04 Å². The molecule has 7 nitrogen and oxygen atoms in total. The number of rotatable bonds is 4. The molecule has 0 aliphatic carbocycles. The van der Waals surface area contributed by atoms with Gasteiger partial charge in [-0.15, -0.1) is 12.4 Å². The number of anilines is 1. The molecule has 2 rings (SSSR count). The second-order valence-corrected chi connectivity index (χ2v) is 5.49. The Morgan fingerprint density at radius 2 is 2.04 bits per heavy atom. The summed E-state index contributed by atoms with van der Waals surface area (Å²) in [6, 6.07) is 4.31. The largest absolute Gasteiger partial charge is 0.341 e. The van der Waals surface area contributed by atoms with Crippen LogP contribution in [0.1, 0.15) is 26.7 Å². The van der Waals surface area contributed by atoms with E-state index in [1.807, 2.05) is 13.8 Å². The van der Waals surface area contributed by atoms with E-state index >= 15 is 0 Å². The van der Waals surface area contributed by atoms with Gasteiger partial charge >= 0.3 is 6.03 Å². The average Bonchev–Trinajstić information content (AvgIpc) is 3.03. The van der Waals surface area contributed by atoms with Gasteiger partial charge in [0.15, 0.2) is 0 Å². The van der Waals surface area contributed by atoms with Crippen molar-refractivity contribution in [3.8, 4) is 0 Å². The summed E-state index contributed by atoms with van der Waals surface area (Å²) in [6.07, 6.45) is 3.16. The van der Waals surface area contributed by atoms with Crippen molar-refractivity contribution in [1.29, 1.82) is 0 Å². The fourth-order valence-corrected chi connectivity index (χ4v) is 2.33. The molecular formula is C15H24ClN5O2. The first kappa shape index (κ1) is 19.2. The number of nitrogens with zero attached hydrogens (tertiary/aromatic N) is 3. The van der Waals surface area contributed by atoms with Gasteiger partial charge in [0.25, 0.3) is 5.91 Å². The lowest BCUT2D eigenvalue weighted by molar-refractivity contribution is -0.142. The smallest absolute Gasteiger partial charge is 0.320 e. The third-order valence-corrected chi connectivity index (χ3v) is 3.96. The van der Waals surface area contributed by atoms with Crippen molar-refractivity contribution in [2.45, 2.75) is 32.7 Å². The van der Waals surface area contributed by atoms with Crippen LogP contribution in [0.25, 0.3) is 0 Å². The third-order valence-electron chi connectivity index (χ3n) is 3.96. The van der Waals surface area contributed by atoms with Crippen LogP contribution in [0.2, 0.25) is 0 Å². The summed E-state index contributed by atoms with van der Waals surface area (Å²) in [5, 5.41) is 5.56. The van der Waals surface area contributed by atoms with E-state index in [0.717, 1.165) is 12.8 Å². The molecule has 0 aromatic carbocycles. The van der Waals surface area contributed by atoms with E-state index in [9.17, 15) is 9.59 Å². The van der Waals surface area contributed by atoms with Crippen LogP contribution in [0, 0.1) is 5.92 Å². The lowest BCUT2D eigenvalue weighted by atomic mass is 9.99. The minimum Gasteiger partial charge on any atom is -0.320 e. The van der Waals surface area contributed by atoms with Gasteiger partial charge in [-0.1, -0.05) is 26.3 Å². The summed E-state index contributed by atoms with van der Waals surface area (Å²) in [6.45, 7) is 4.94. The Bertz CT molecular complexity index is 528. The van der Waals surface area contributed by atoms with Crippen LogP contribution in [0.15, 0.2) is 24.4 Å². The number of hydrogen-bond acceptors (Lipinski definition) is 4. The molecule has 8 heteroatoms. The molecule has 1 aliphatic heterocycles. The lowest BCUT2D eigenvalue weighted by Crippen LogP contribution is -2.53. The van der Waals surface area contributed by atoms with E-state index in [-0.39, 0.29) is 30.3 Å². The standard InChI is InChI=1S/C15H23N5O2.ClH/c1-3-11(2)13(16)14(21)19-9-6-10-20(19)15(22)18-12-7-4-5-8-17-12;/h4-5,7-8,11,13H,3,6,9-10,16H2,1-2H3,(H,17,18,22);1H/t11-,13-;/m0./s1. The molecule has 0 radical (unpaired) electrons. The molecule has 1 saturated heterocycles. The predicted molar refractivity (Wildman–Crippen MR) is 91.0 cm³/mol. The fourth-order valence-electron chi connectivity index (χ4n) is 2.33. The molecular weight excluding hydrogens is 318 g/mol. The number of nitrogens with two attached hydrogens (primary N) is 1. The van der Waals surface area contributed by atoms with E-state index in [4.69, 9.17) is 5.73 Å². The second-order valence-electron chi connectivity index (χ2n) is 5.49. The van der Waals surface area contributed by atoms with Crippen LogP contribution in [0.4, 0.5) is 10.6 Å². The monoisotopic (exact) mass is 341 g/mol. The Kier molecular flexibility index (Phi) is 7.25. The molecule has 1 aromatic heterocycles. The van der Waals surface area contributed by atoms with Gasteiger partial charge in [0.05, 0.1) is 6.04 Å². The first-order valence-corrected chi connectivity index (χ1v) is 7.61. The van der Waals surface area contributed by atoms with Crippen molar-refractivity contribution in [2.75, 3.05) is 18.4 Å². The summed E-state index contributed by atoms with van der Waals surface area (Å²) in [5.41, 5.74) is 6.00. The van der Waals surface area contributed by atoms with Crippen LogP contribution in [-0.2, 0) is 4.79 Å². The number of hydrogen-bond donors (Lipinski definition) is 2. The Labute approximate surface area is 142 Å². The molecule has 23 heavy (non-hydrogen) atoms. The number of urea groups is 1. The summed E-state index contributed by atoms with van der Waals surface area (Å²) >= 11 is 0. The highest BCUT2D eigenvalue weighted by molar-refractivity contribution is 5.91. The Morgan fingerprint density at radius 1 is 1.35 bits per heavy atom. The van der Waals surface area contributed by atoms with Crippen molar-refractivity contribution in [2.24, 2.45) is 11.7 Å². The number of amides is 3. The molecule has 3 N–H and O–H groups in total. The molecule has 0 spiro atoms. The zero-order valence-electron chi connectivity index (χ0n) is 13.4. The molecule has 0 bridgehead atoms. The number of carbonyl (C=O) groups is 2.